The maximum atomic E-state index is 13.4. The molecule has 20 heavy (non-hydrogen) atoms. The zero-order chi connectivity index (χ0) is 14.5. The Kier molecular flexibility index (Phi) is 4.32. The van der Waals surface area contributed by atoms with Crippen molar-refractivity contribution in [1.29, 1.82) is 0 Å². The second-order valence-electron chi connectivity index (χ2n) is 3.85. The second-order valence-corrected chi connectivity index (χ2v) is 4.26. The van der Waals surface area contributed by atoms with Crippen LogP contribution in [0.4, 0.5) is 4.39 Å². The minimum absolute atomic E-state index is 0.0734. The standard InChI is InChI=1S/C14H10ClFN2O2/c15-11-5-3-6-12(16)10(11)8-17-18-14(20)9-4-1-2-7-13(9)19/h1-8,19H,(H,18,20). The summed E-state index contributed by atoms with van der Waals surface area (Å²) in [6.45, 7) is 0. The highest BCUT2D eigenvalue weighted by molar-refractivity contribution is 6.33. The summed E-state index contributed by atoms with van der Waals surface area (Å²) < 4.78 is 13.4. The van der Waals surface area contributed by atoms with Gasteiger partial charge in [0.05, 0.1) is 16.8 Å². The Hall–Kier alpha value is -2.40. The summed E-state index contributed by atoms with van der Waals surface area (Å²) in [6.07, 6.45) is 1.11. The SMILES string of the molecule is O=C(NN=Cc1c(F)cccc1Cl)c1ccccc1O. The van der Waals surface area contributed by atoms with Gasteiger partial charge in [-0.3, -0.25) is 4.79 Å². The maximum absolute atomic E-state index is 13.4. The third-order valence-electron chi connectivity index (χ3n) is 2.51. The van der Waals surface area contributed by atoms with E-state index in [4.69, 9.17) is 11.6 Å². The number of hydrazone groups is 1. The van der Waals surface area contributed by atoms with E-state index < -0.39 is 11.7 Å². The zero-order valence-corrected chi connectivity index (χ0v) is 10.9. The minimum atomic E-state index is -0.605. The van der Waals surface area contributed by atoms with Gasteiger partial charge in [0.25, 0.3) is 5.91 Å². The first-order valence-electron chi connectivity index (χ1n) is 5.65. The highest BCUT2D eigenvalue weighted by atomic mass is 35.5. The summed E-state index contributed by atoms with van der Waals surface area (Å²) in [5, 5.41) is 13.3. The molecule has 102 valence electrons. The fourth-order valence-electron chi connectivity index (χ4n) is 1.52. The molecule has 2 aromatic rings. The van der Waals surface area contributed by atoms with E-state index in [1.54, 1.807) is 12.1 Å². The van der Waals surface area contributed by atoms with E-state index in [9.17, 15) is 14.3 Å². The van der Waals surface area contributed by atoms with Crippen LogP contribution in [0.1, 0.15) is 15.9 Å². The van der Waals surface area contributed by atoms with Gasteiger partial charge in [0.1, 0.15) is 11.6 Å². The molecule has 0 heterocycles. The molecule has 0 fully saturated rings. The van der Waals surface area contributed by atoms with Gasteiger partial charge in [-0.05, 0) is 24.3 Å². The number of nitrogens with one attached hydrogen (secondary N) is 1. The molecule has 0 aliphatic rings. The Morgan fingerprint density at radius 1 is 1.25 bits per heavy atom. The molecule has 0 bridgehead atoms. The summed E-state index contributed by atoms with van der Waals surface area (Å²) in [4.78, 5) is 11.7. The van der Waals surface area contributed by atoms with Gasteiger partial charge < -0.3 is 5.11 Å². The number of rotatable bonds is 3. The van der Waals surface area contributed by atoms with Crippen molar-refractivity contribution >= 4 is 23.7 Å². The Balaban J connectivity index is 2.11. The van der Waals surface area contributed by atoms with Gasteiger partial charge in [-0.15, -0.1) is 0 Å². The number of carbonyl (C=O) groups excluding carboxylic acids is 1. The average molecular weight is 293 g/mol. The van der Waals surface area contributed by atoms with E-state index in [2.05, 4.69) is 10.5 Å². The number of phenolic OH excluding ortho intramolecular Hbond substituents is 1. The molecular weight excluding hydrogens is 283 g/mol. The van der Waals surface area contributed by atoms with Crippen molar-refractivity contribution in [3.8, 4) is 5.75 Å². The Bertz CT molecular complexity index is 654. The van der Waals surface area contributed by atoms with E-state index in [-0.39, 0.29) is 21.9 Å². The molecule has 2 N–H and O–H groups in total. The molecule has 0 unspecified atom stereocenters. The van der Waals surface area contributed by atoms with Crippen molar-refractivity contribution in [3.63, 3.8) is 0 Å². The van der Waals surface area contributed by atoms with Crippen LogP contribution in [-0.2, 0) is 0 Å². The molecule has 2 aromatic carbocycles. The lowest BCUT2D eigenvalue weighted by molar-refractivity contribution is 0.0952. The molecule has 0 atom stereocenters. The van der Waals surface area contributed by atoms with Gasteiger partial charge in [-0.25, -0.2) is 9.82 Å². The van der Waals surface area contributed by atoms with Gasteiger partial charge in [-0.1, -0.05) is 29.8 Å². The number of phenols is 1. The summed E-state index contributed by atoms with van der Waals surface area (Å²) in [7, 11) is 0. The van der Waals surface area contributed by atoms with E-state index in [1.807, 2.05) is 0 Å². The van der Waals surface area contributed by atoms with Crippen molar-refractivity contribution in [2.24, 2.45) is 5.10 Å². The van der Waals surface area contributed by atoms with Gasteiger partial charge in [0.15, 0.2) is 0 Å². The molecular formula is C14H10ClFN2O2. The van der Waals surface area contributed by atoms with Crippen LogP contribution < -0.4 is 5.43 Å². The van der Waals surface area contributed by atoms with Gasteiger partial charge >= 0.3 is 0 Å². The van der Waals surface area contributed by atoms with E-state index in [0.717, 1.165) is 6.21 Å². The molecule has 0 spiro atoms. The molecule has 6 heteroatoms. The Morgan fingerprint density at radius 2 is 2.00 bits per heavy atom. The smallest absolute Gasteiger partial charge is 0.275 e. The first-order chi connectivity index (χ1) is 9.59. The number of benzene rings is 2. The predicted molar refractivity (Wildman–Crippen MR) is 74.6 cm³/mol. The first-order valence-corrected chi connectivity index (χ1v) is 6.03. The maximum Gasteiger partial charge on any atom is 0.275 e. The highest BCUT2D eigenvalue weighted by Gasteiger charge is 2.09. The molecule has 0 radical (unpaired) electrons. The van der Waals surface area contributed by atoms with Crippen LogP contribution in [0.5, 0.6) is 5.75 Å². The lowest BCUT2D eigenvalue weighted by atomic mass is 10.2. The van der Waals surface area contributed by atoms with Gasteiger partial charge in [-0.2, -0.15) is 5.10 Å². The van der Waals surface area contributed by atoms with Crippen LogP contribution in [0, 0.1) is 5.82 Å². The van der Waals surface area contributed by atoms with Crippen LogP contribution in [0.25, 0.3) is 0 Å². The van der Waals surface area contributed by atoms with Gasteiger partial charge in [0, 0.05) is 5.56 Å². The predicted octanol–water partition coefficient (Wildman–Crippen LogP) is 2.95. The number of para-hydroxylation sites is 1. The Labute approximate surface area is 119 Å². The molecule has 0 saturated carbocycles. The van der Waals surface area contributed by atoms with Crippen LogP contribution in [0.3, 0.4) is 0 Å². The minimum Gasteiger partial charge on any atom is -0.507 e. The molecule has 2 rings (SSSR count). The van der Waals surface area contributed by atoms with E-state index in [0.29, 0.717) is 0 Å². The summed E-state index contributed by atoms with van der Waals surface area (Å²) in [5.41, 5.74) is 2.34. The number of amides is 1. The summed E-state index contributed by atoms with van der Waals surface area (Å²) >= 11 is 5.80. The fourth-order valence-corrected chi connectivity index (χ4v) is 1.73. The number of hydrogen-bond donors (Lipinski definition) is 2. The van der Waals surface area contributed by atoms with Crippen molar-refractivity contribution in [3.05, 3.63) is 64.4 Å². The third-order valence-corrected chi connectivity index (χ3v) is 2.84. The normalized spacial score (nSPS) is 10.7. The monoisotopic (exact) mass is 292 g/mol. The summed E-state index contributed by atoms with van der Waals surface area (Å²) in [6, 6.07) is 10.2. The van der Waals surface area contributed by atoms with E-state index >= 15 is 0 Å². The summed E-state index contributed by atoms with van der Waals surface area (Å²) in [5.74, 6) is -1.31. The lowest BCUT2D eigenvalue weighted by Crippen LogP contribution is -2.17. The highest BCUT2D eigenvalue weighted by Crippen LogP contribution is 2.17. The molecule has 0 aliphatic carbocycles. The molecule has 0 aromatic heterocycles. The number of hydrogen-bond acceptors (Lipinski definition) is 3. The van der Waals surface area contributed by atoms with Gasteiger partial charge in [0.2, 0.25) is 0 Å². The van der Waals surface area contributed by atoms with Crippen LogP contribution in [0.15, 0.2) is 47.6 Å². The Morgan fingerprint density at radius 3 is 2.70 bits per heavy atom. The average Bonchev–Trinajstić information content (AvgIpc) is 2.42. The first kappa shape index (κ1) is 14.0. The second kappa shape index (κ2) is 6.16. The molecule has 4 nitrogen and oxygen atoms in total. The topological polar surface area (TPSA) is 61.7 Å². The van der Waals surface area contributed by atoms with Crippen LogP contribution in [-0.4, -0.2) is 17.2 Å². The van der Waals surface area contributed by atoms with Crippen molar-refractivity contribution in [1.82, 2.24) is 5.43 Å². The molecule has 0 aliphatic heterocycles. The van der Waals surface area contributed by atoms with Crippen molar-refractivity contribution in [2.45, 2.75) is 0 Å². The fraction of sp³-hybridized carbons (Fsp3) is 0. The number of nitrogens with zero attached hydrogens (tertiary/aromatic N) is 1. The van der Waals surface area contributed by atoms with Crippen LogP contribution >= 0.6 is 11.6 Å². The largest absolute Gasteiger partial charge is 0.507 e. The van der Waals surface area contributed by atoms with Crippen molar-refractivity contribution in [2.75, 3.05) is 0 Å². The molecule has 0 saturated heterocycles. The third kappa shape index (κ3) is 3.13. The number of halogens is 2. The lowest BCUT2D eigenvalue weighted by Gasteiger charge is -2.02. The number of aromatic hydroxyl groups is 1. The zero-order valence-electron chi connectivity index (χ0n) is 10.2. The molecule has 1 amide bonds. The quantitative estimate of drug-likeness (QED) is 0.675. The van der Waals surface area contributed by atoms with E-state index in [1.165, 1.54) is 30.3 Å². The van der Waals surface area contributed by atoms with Crippen molar-refractivity contribution < 1.29 is 14.3 Å². The van der Waals surface area contributed by atoms with Crippen LogP contribution in [0.2, 0.25) is 5.02 Å². The number of carbonyl (C=O) groups is 1.